The van der Waals surface area contributed by atoms with Gasteiger partial charge in [-0.1, -0.05) is 32.6 Å². The monoisotopic (exact) mass is 310 g/mol. The van der Waals surface area contributed by atoms with E-state index in [0.717, 1.165) is 24.2 Å². The van der Waals surface area contributed by atoms with Crippen LogP contribution >= 0.6 is 0 Å². The number of anilines is 1. The summed E-state index contributed by atoms with van der Waals surface area (Å²) in [5.74, 6) is 0.0716. The molecule has 120 valence electrons. The topological polar surface area (TPSA) is 49.4 Å². The lowest BCUT2D eigenvalue weighted by atomic mass is 9.93. The van der Waals surface area contributed by atoms with Crippen LogP contribution in [0.25, 0.3) is 0 Å². The average molecular weight is 310 g/mol. The maximum absolute atomic E-state index is 12.4. The second-order valence-electron chi connectivity index (χ2n) is 7.30. The molecule has 0 bridgehead atoms. The maximum Gasteiger partial charge on any atom is 0.249 e. The van der Waals surface area contributed by atoms with Gasteiger partial charge in [0.25, 0.3) is 0 Å². The van der Waals surface area contributed by atoms with Crippen molar-refractivity contribution in [3.05, 3.63) is 41.6 Å². The van der Waals surface area contributed by atoms with Crippen LogP contribution in [0, 0.1) is 0 Å². The van der Waals surface area contributed by atoms with Crippen LogP contribution in [0.15, 0.2) is 30.5 Å². The molecule has 4 rings (SSSR count). The molecule has 2 aliphatic heterocycles. The van der Waals surface area contributed by atoms with Crippen molar-refractivity contribution in [1.82, 2.24) is 5.32 Å². The first-order chi connectivity index (χ1) is 10.9. The summed E-state index contributed by atoms with van der Waals surface area (Å²) in [5, 5.41) is 2.48. The van der Waals surface area contributed by atoms with E-state index in [1.54, 1.807) is 0 Å². The molecule has 1 saturated carbocycles. The smallest absolute Gasteiger partial charge is 0.249 e. The SMILES string of the molecule is C=C1N(C2CCC(=O)NC2=O)c2cc(C(C)C)ccc2C12CC2. The highest BCUT2D eigenvalue weighted by molar-refractivity contribution is 6.02. The largest absolute Gasteiger partial charge is 0.332 e. The Morgan fingerprint density at radius 2 is 2.04 bits per heavy atom. The second-order valence-corrected chi connectivity index (χ2v) is 7.30. The van der Waals surface area contributed by atoms with Crippen LogP contribution in [0.3, 0.4) is 0 Å². The number of hydrogen-bond acceptors (Lipinski definition) is 3. The van der Waals surface area contributed by atoms with E-state index in [1.807, 2.05) is 0 Å². The van der Waals surface area contributed by atoms with E-state index >= 15 is 0 Å². The summed E-state index contributed by atoms with van der Waals surface area (Å²) >= 11 is 0. The van der Waals surface area contributed by atoms with E-state index in [4.69, 9.17) is 0 Å². The summed E-state index contributed by atoms with van der Waals surface area (Å²) < 4.78 is 0. The Balaban J connectivity index is 1.79. The van der Waals surface area contributed by atoms with Crippen LogP contribution in [-0.4, -0.2) is 17.9 Å². The lowest BCUT2D eigenvalue weighted by molar-refractivity contribution is -0.134. The Labute approximate surface area is 136 Å². The minimum Gasteiger partial charge on any atom is -0.332 e. The summed E-state index contributed by atoms with van der Waals surface area (Å²) in [6.07, 6.45) is 3.16. The Hall–Kier alpha value is -2.10. The van der Waals surface area contributed by atoms with Gasteiger partial charge in [-0.05, 0) is 42.4 Å². The predicted molar refractivity (Wildman–Crippen MR) is 89.2 cm³/mol. The number of fused-ring (bicyclic) bond motifs is 2. The van der Waals surface area contributed by atoms with Crippen molar-refractivity contribution in [1.29, 1.82) is 0 Å². The highest BCUT2D eigenvalue weighted by atomic mass is 16.2. The summed E-state index contributed by atoms with van der Waals surface area (Å²) in [5.41, 5.74) is 4.76. The van der Waals surface area contributed by atoms with Crippen LogP contribution < -0.4 is 10.2 Å². The molecule has 4 heteroatoms. The van der Waals surface area contributed by atoms with Crippen molar-refractivity contribution in [3.63, 3.8) is 0 Å². The fraction of sp³-hybridized carbons (Fsp3) is 0.474. The van der Waals surface area contributed by atoms with E-state index in [9.17, 15) is 9.59 Å². The zero-order valence-corrected chi connectivity index (χ0v) is 13.7. The molecule has 0 aromatic heterocycles. The number of nitrogens with one attached hydrogen (secondary N) is 1. The summed E-state index contributed by atoms with van der Waals surface area (Å²) in [6.45, 7) is 8.68. The van der Waals surface area contributed by atoms with Crippen LogP contribution in [0.2, 0.25) is 0 Å². The fourth-order valence-corrected chi connectivity index (χ4v) is 4.01. The molecule has 1 aromatic carbocycles. The highest BCUT2D eigenvalue weighted by Crippen LogP contribution is 2.62. The van der Waals surface area contributed by atoms with Gasteiger partial charge in [-0.3, -0.25) is 14.9 Å². The van der Waals surface area contributed by atoms with Crippen LogP contribution in [0.4, 0.5) is 5.69 Å². The second kappa shape index (κ2) is 4.70. The van der Waals surface area contributed by atoms with Gasteiger partial charge in [0.2, 0.25) is 11.8 Å². The van der Waals surface area contributed by atoms with E-state index in [-0.39, 0.29) is 23.3 Å². The summed E-state index contributed by atoms with van der Waals surface area (Å²) in [4.78, 5) is 26.0. The molecule has 4 nitrogen and oxygen atoms in total. The number of allylic oxidation sites excluding steroid dienone is 1. The van der Waals surface area contributed by atoms with Gasteiger partial charge in [-0.15, -0.1) is 0 Å². The average Bonchev–Trinajstić information content (AvgIpc) is 3.26. The number of carbonyl (C=O) groups excluding carboxylic acids is 2. The molecule has 1 unspecified atom stereocenters. The summed E-state index contributed by atoms with van der Waals surface area (Å²) in [7, 11) is 0. The molecular weight excluding hydrogens is 288 g/mol. The number of rotatable bonds is 2. The fourth-order valence-electron chi connectivity index (χ4n) is 4.01. The van der Waals surface area contributed by atoms with E-state index in [0.29, 0.717) is 18.8 Å². The van der Waals surface area contributed by atoms with Crippen molar-refractivity contribution in [2.24, 2.45) is 0 Å². The van der Waals surface area contributed by atoms with Gasteiger partial charge in [0.1, 0.15) is 6.04 Å². The van der Waals surface area contributed by atoms with Gasteiger partial charge in [0.15, 0.2) is 0 Å². The van der Waals surface area contributed by atoms with Gasteiger partial charge in [0, 0.05) is 23.2 Å². The van der Waals surface area contributed by atoms with Crippen LogP contribution in [0.1, 0.15) is 56.6 Å². The van der Waals surface area contributed by atoms with Crippen molar-refractivity contribution in [2.45, 2.75) is 56.9 Å². The molecule has 2 heterocycles. The molecule has 1 saturated heterocycles. The first-order valence-electron chi connectivity index (χ1n) is 8.41. The third kappa shape index (κ3) is 1.97. The summed E-state index contributed by atoms with van der Waals surface area (Å²) in [6, 6.07) is 6.31. The van der Waals surface area contributed by atoms with Gasteiger partial charge >= 0.3 is 0 Å². The number of hydrogen-bond donors (Lipinski definition) is 1. The van der Waals surface area contributed by atoms with Crippen LogP contribution in [0.5, 0.6) is 0 Å². The molecular formula is C19H22N2O2. The molecule has 0 radical (unpaired) electrons. The third-order valence-corrected chi connectivity index (χ3v) is 5.58. The third-order valence-electron chi connectivity index (χ3n) is 5.58. The van der Waals surface area contributed by atoms with E-state index < -0.39 is 0 Å². The number of nitrogens with zero attached hydrogens (tertiary/aromatic N) is 1. The Bertz CT molecular complexity index is 731. The molecule has 1 aromatic rings. The molecule has 1 spiro atoms. The van der Waals surface area contributed by atoms with Gasteiger partial charge < -0.3 is 4.90 Å². The highest BCUT2D eigenvalue weighted by Gasteiger charge is 2.56. The zero-order chi connectivity index (χ0) is 16.4. The molecule has 1 atom stereocenters. The number of piperidine rings is 1. The van der Waals surface area contributed by atoms with E-state index in [1.165, 1.54) is 11.1 Å². The molecule has 3 aliphatic rings. The lowest BCUT2D eigenvalue weighted by Gasteiger charge is -2.33. The number of benzene rings is 1. The Morgan fingerprint density at radius 1 is 1.30 bits per heavy atom. The molecule has 2 fully saturated rings. The first kappa shape index (κ1) is 14.5. The Morgan fingerprint density at radius 3 is 2.65 bits per heavy atom. The van der Waals surface area contributed by atoms with Crippen molar-refractivity contribution in [3.8, 4) is 0 Å². The Kier molecular flexibility index (Phi) is 2.96. The van der Waals surface area contributed by atoms with Gasteiger partial charge in [0.05, 0.1) is 0 Å². The quantitative estimate of drug-likeness (QED) is 0.854. The minimum atomic E-state index is -0.318. The van der Waals surface area contributed by atoms with Crippen molar-refractivity contribution >= 4 is 17.5 Å². The van der Waals surface area contributed by atoms with Gasteiger partial charge in [-0.2, -0.15) is 0 Å². The zero-order valence-electron chi connectivity index (χ0n) is 13.7. The molecule has 23 heavy (non-hydrogen) atoms. The minimum absolute atomic E-state index is 0.0343. The lowest BCUT2D eigenvalue weighted by Crippen LogP contribution is -2.52. The maximum atomic E-state index is 12.4. The van der Waals surface area contributed by atoms with Crippen molar-refractivity contribution in [2.75, 3.05) is 4.90 Å². The number of imide groups is 1. The van der Waals surface area contributed by atoms with E-state index in [2.05, 4.69) is 48.8 Å². The standard InChI is InChI=1S/C19H22N2O2/c1-11(2)13-4-5-14-16(10-13)21(12(3)19(14)8-9-19)15-6-7-17(22)20-18(15)23/h4-5,10-11,15H,3,6-9H2,1-2H3,(H,20,22,23). The van der Waals surface area contributed by atoms with Gasteiger partial charge in [-0.25, -0.2) is 0 Å². The molecule has 1 aliphatic carbocycles. The molecule has 2 amide bonds. The van der Waals surface area contributed by atoms with Crippen LogP contribution in [-0.2, 0) is 15.0 Å². The number of amides is 2. The predicted octanol–water partition coefficient (Wildman–Crippen LogP) is 2.98. The normalized spacial score (nSPS) is 25.1. The van der Waals surface area contributed by atoms with Crippen molar-refractivity contribution < 1.29 is 9.59 Å². The molecule has 1 N–H and O–H groups in total. The number of carbonyl (C=O) groups is 2. The first-order valence-corrected chi connectivity index (χ1v) is 8.41.